The second kappa shape index (κ2) is 5.63. The highest BCUT2D eigenvalue weighted by Crippen LogP contribution is 2.33. The molecule has 1 aromatic carbocycles. The molecule has 0 aliphatic carbocycles. The minimum Gasteiger partial charge on any atom is -0.486 e. The van der Waals surface area contributed by atoms with Crippen LogP contribution in [-0.4, -0.2) is 13.2 Å². The minimum atomic E-state index is 0.348. The molecule has 0 unspecified atom stereocenters. The normalized spacial score (nSPS) is 15.2. The summed E-state index contributed by atoms with van der Waals surface area (Å²) in [5.74, 6) is 1.74. The van der Waals surface area contributed by atoms with E-state index < -0.39 is 0 Å². The summed E-state index contributed by atoms with van der Waals surface area (Å²) in [6.07, 6.45) is 0. The third-order valence-corrected chi connectivity index (χ3v) is 4.27. The molecule has 1 N–H and O–H groups in total. The molecule has 2 heterocycles. The first-order valence-corrected chi connectivity index (χ1v) is 7.37. The van der Waals surface area contributed by atoms with Gasteiger partial charge >= 0.3 is 0 Å². The van der Waals surface area contributed by atoms with E-state index in [1.54, 1.807) is 11.3 Å². The Hall–Kier alpha value is -1.52. The standard InChI is InChI=1S/C15H17NO2S/c1-11(14-6-3-9-19-14)16-10-12-4-2-5-13-15(12)18-8-7-17-13/h2-6,9,11,16H,7-8,10H2,1H3/t11-/m0/s1. The molecule has 3 rings (SSSR count). The monoisotopic (exact) mass is 275 g/mol. The number of thiophene rings is 1. The summed E-state index contributed by atoms with van der Waals surface area (Å²) < 4.78 is 11.3. The highest BCUT2D eigenvalue weighted by Gasteiger charge is 2.16. The number of para-hydroxylation sites is 1. The second-order valence-corrected chi connectivity index (χ2v) is 5.54. The topological polar surface area (TPSA) is 30.5 Å². The van der Waals surface area contributed by atoms with Gasteiger partial charge in [-0.2, -0.15) is 0 Å². The largest absolute Gasteiger partial charge is 0.486 e. The molecule has 1 atom stereocenters. The van der Waals surface area contributed by atoms with Gasteiger partial charge in [-0.25, -0.2) is 0 Å². The average Bonchev–Trinajstić information content (AvgIpc) is 2.99. The third-order valence-electron chi connectivity index (χ3n) is 3.22. The predicted molar refractivity (Wildman–Crippen MR) is 77.0 cm³/mol. The average molecular weight is 275 g/mol. The molecule has 4 heteroatoms. The lowest BCUT2D eigenvalue weighted by molar-refractivity contribution is 0.169. The van der Waals surface area contributed by atoms with Crippen molar-refractivity contribution in [3.8, 4) is 11.5 Å². The predicted octanol–water partition coefficient (Wildman–Crippen LogP) is 3.37. The lowest BCUT2D eigenvalue weighted by atomic mass is 10.1. The van der Waals surface area contributed by atoms with Gasteiger partial charge in [-0.15, -0.1) is 11.3 Å². The van der Waals surface area contributed by atoms with E-state index in [0.717, 1.165) is 23.6 Å². The Bertz CT molecular complexity index is 539. The quantitative estimate of drug-likeness (QED) is 0.928. The summed E-state index contributed by atoms with van der Waals surface area (Å²) >= 11 is 1.78. The van der Waals surface area contributed by atoms with Crippen LogP contribution < -0.4 is 14.8 Å². The Kier molecular flexibility index (Phi) is 3.71. The number of hydrogen-bond acceptors (Lipinski definition) is 4. The molecule has 0 amide bonds. The molecule has 1 aliphatic rings. The van der Waals surface area contributed by atoms with Crippen LogP contribution in [0.25, 0.3) is 0 Å². The van der Waals surface area contributed by atoms with E-state index in [0.29, 0.717) is 19.3 Å². The molecule has 100 valence electrons. The zero-order valence-electron chi connectivity index (χ0n) is 10.9. The summed E-state index contributed by atoms with van der Waals surface area (Å²) in [6, 6.07) is 10.6. The van der Waals surface area contributed by atoms with Gasteiger partial charge in [-0.05, 0) is 24.4 Å². The molecule has 0 saturated carbocycles. The Morgan fingerprint density at radius 3 is 2.95 bits per heavy atom. The van der Waals surface area contributed by atoms with E-state index in [1.165, 1.54) is 4.88 Å². The number of nitrogens with one attached hydrogen (secondary N) is 1. The van der Waals surface area contributed by atoms with Crippen LogP contribution in [0.4, 0.5) is 0 Å². The van der Waals surface area contributed by atoms with E-state index >= 15 is 0 Å². The lowest BCUT2D eigenvalue weighted by Gasteiger charge is -2.22. The summed E-state index contributed by atoms with van der Waals surface area (Å²) in [5, 5.41) is 5.63. The highest BCUT2D eigenvalue weighted by atomic mass is 32.1. The molecule has 0 fully saturated rings. The van der Waals surface area contributed by atoms with Gasteiger partial charge < -0.3 is 14.8 Å². The first-order chi connectivity index (χ1) is 9.34. The Morgan fingerprint density at radius 2 is 2.11 bits per heavy atom. The van der Waals surface area contributed by atoms with Crippen molar-refractivity contribution in [2.45, 2.75) is 19.5 Å². The minimum absolute atomic E-state index is 0.348. The van der Waals surface area contributed by atoms with E-state index in [1.807, 2.05) is 12.1 Å². The van der Waals surface area contributed by atoms with Crippen LogP contribution in [-0.2, 0) is 6.54 Å². The molecular weight excluding hydrogens is 258 g/mol. The highest BCUT2D eigenvalue weighted by molar-refractivity contribution is 7.10. The van der Waals surface area contributed by atoms with Gasteiger partial charge in [-0.1, -0.05) is 18.2 Å². The number of fused-ring (bicyclic) bond motifs is 1. The van der Waals surface area contributed by atoms with Crippen LogP contribution in [0.5, 0.6) is 11.5 Å². The molecule has 0 spiro atoms. The van der Waals surface area contributed by atoms with Gasteiger partial charge in [0, 0.05) is 23.0 Å². The molecule has 0 radical (unpaired) electrons. The van der Waals surface area contributed by atoms with Crippen molar-refractivity contribution >= 4 is 11.3 Å². The van der Waals surface area contributed by atoms with Crippen molar-refractivity contribution in [1.29, 1.82) is 0 Å². The first kappa shape index (κ1) is 12.5. The van der Waals surface area contributed by atoms with E-state index in [9.17, 15) is 0 Å². The van der Waals surface area contributed by atoms with Gasteiger partial charge in [0.15, 0.2) is 11.5 Å². The third kappa shape index (κ3) is 2.74. The number of benzene rings is 1. The molecule has 2 aromatic rings. The SMILES string of the molecule is C[C@H](NCc1cccc2c1OCCO2)c1cccs1. The fraction of sp³-hybridized carbons (Fsp3) is 0.333. The number of hydrogen-bond donors (Lipinski definition) is 1. The van der Waals surface area contributed by atoms with E-state index in [2.05, 4.69) is 35.8 Å². The maximum absolute atomic E-state index is 5.72. The van der Waals surface area contributed by atoms with Crippen LogP contribution in [0.3, 0.4) is 0 Å². The second-order valence-electron chi connectivity index (χ2n) is 4.56. The van der Waals surface area contributed by atoms with Gasteiger partial charge in [0.1, 0.15) is 13.2 Å². The summed E-state index contributed by atoms with van der Waals surface area (Å²) in [7, 11) is 0. The molecule has 0 bridgehead atoms. The van der Waals surface area contributed by atoms with Crippen LogP contribution in [0.15, 0.2) is 35.7 Å². The fourth-order valence-corrected chi connectivity index (χ4v) is 2.93. The molecule has 1 aromatic heterocycles. The Morgan fingerprint density at radius 1 is 1.21 bits per heavy atom. The molecule has 0 saturated heterocycles. The van der Waals surface area contributed by atoms with E-state index in [-0.39, 0.29) is 0 Å². The van der Waals surface area contributed by atoms with Crippen molar-refractivity contribution < 1.29 is 9.47 Å². The molecule has 3 nitrogen and oxygen atoms in total. The summed E-state index contributed by atoms with van der Waals surface area (Å²) in [5.41, 5.74) is 1.15. The van der Waals surface area contributed by atoms with Crippen LogP contribution in [0.1, 0.15) is 23.4 Å². The van der Waals surface area contributed by atoms with Crippen molar-refractivity contribution in [3.63, 3.8) is 0 Å². The Balaban J connectivity index is 1.70. The van der Waals surface area contributed by atoms with Gasteiger partial charge in [0.25, 0.3) is 0 Å². The van der Waals surface area contributed by atoms with Crippen molar-refractivity contribution in [1.82, 2.24) is 5.32 Å². The lowest BCUT2D eigenvalue weighted by Crippen LogP contribution is -2.20. The summed E-state index contributed by atoms with van der Waals surface area (Å²) in [4.78, 5) is 1.35. The fourth-order valence-electron chi connectivity index (χ4n) is 2.17. The maximum Gasteiger partial charge on any atom is 0.165 e. The van der Waals surface area contributed by atoms with Crippen molar-refractivity contribution in [2.75, 3.05) is 13.2 Å². The van der Waals surface area contributed by atoms with Crippen LogP contribution in [0.2, 0.25) is 0 Å². The van der Waals surface area contributed by atoms with Gasteiger partial charge in [-0.3, -0.25) is 0 Å². The van der Waals surface area contributed by atoms with Crippen LogP contribution >= 0.6 is 11.3 Å². The zero-order valence-corrected chi connectivity index (χ0v) is 11.7. The molecule has 19 heavy (non-hydrogen) atoms. The maximum atomic E-state index is 5.72. The first-order valence-electron chi connectivity index (χ1n) is 6.49. The molecular formula is C15H17NO2S. The van der Waals surface area contributed by atoms with E-state index in [4.69, 9.17) is 9.47 Å². The Labute approximate surface area is 117 Å². The van der Waals surface area contributed by atoms with Gasteiger partial charge in [0.05, 0.1) is 0 Å². The zero-order chi connectivity index (χ0) is 13.1. The van der Waals surface area contributed by atoms with Gasteiger partial charge in [0.2, 0.25) is 0 Å². The van der Waals surface area contributed by atoms with Crippen molar-refractivity contribution in [3.05, 3.63) is 46.2 Å². The van der Waals surface area contributed by atoms with Crippen LogP contribution in [0, 0.1) is 0 Å². The summed E-state index contributed by atoms with van der Waals surface area (Å²) in [6.45, 7) is 4.23. The smallest absolute Gasteiger partial charge is 0.165 e. The molecule has 1 aliphatic heterocycles. The van der Waals surface area contributed by atoms with Crippen molar-refractivity contribution in [2.24, 2.45) is 0 Å². The number of rotatable bonds is 4. The number of ether oxygens (including phenoxy) is 2.